The monoisotopic (exact) mass is 287 g/mol. The lowest BCUT2D eigenvalue weighted by Gasteiger charge is -2.17. The highest BCUT2D eigenvalue weighted by atomic mass is 35.5. The summed E-state index contributed by atoms with van der Waals surface area (Å²) in [5.41, 5.74) is 0.291. The molecule has 0 aliphatic carbocycles. The van der Waals surface area contributed by atoms with Gasteiger partial charge >= 0.3 is 0 Å². The van der Waals surface area contributed by atoms with Crippen LogP contribution in [0.2, 0.25) is 5.02 Å². The molecule has 1 atom stereocenters. The lowest BCUT2D eigenvalue weighted by molar-refractivity contribution is 0.255. The molecule has 0 saturated carbocycles. The summed E-state index contributed by atoms with van der Waals surface area (Å²) in [5.74, 6) is 0.375. The zero-order chi connectivity index (χ0) is 14.3. The first-order valence-corrected chi connectivity index (χ1v) is 7.12. The van der Waals surface area contributed by atoms with Gasteiger partial charge in [-0.05, 0) is 25.7 Å². The van der Waals surface area contributed by atoms with E-state index in [-0.39, 0.29) is 17.2 Å². The number of hydrogen-bond acceptors (Lipinski definition) is 4. The Morgan fingerprint density at radius 3 is 2.79 bits per heavy atom. The van der Waals surface area contributed by atoms with Crippen molar-refractivity contribution >= 4 is 17.3 Å². The highest BCUT2D eigenvalue weighted by molar-refractivity contribution is 6.32. The van der Waals surface area contributed by atoms with Crippen molar-refractivity contribution in [2.45, 2.75) is 39.7 Å². The third kappa shape index (κ3) is 4.51. The molecule has 0 fully saturated rings. The van der Waals surface area contributed by atoms with Crippen LogP contribution in [0.1, 0.15) is 33.1 Å². The predicted octanol–water partition coefficient (Wildman–Crippen LogP) is 2.13. The number of anilines is 1. The molecule has 1 rings (SSSR count). The molecule has 0 radical (unpaired) electrons. The Kier molecular flexibility index (Phi) is 6.87. The second kappa shape index (κ2) is 8.17. The number of halogens is 1. The summed E-state index contributed by atoms with van der Waals surface area (Å²) >= 11 is 6.03. The first kappa shape index (κ1) is 16.0. The Hall–Kier alpha value is -1.07. The largest absolute Gasteiger partial charge is 0.396 e. The molecule has 108 valence electrons. The predicted molar refractivity (Wildman–Crippen MR) is 77.8 cm³/mol. The molecule has 1 aromatic rings. The van der Waals surface area contributed by atoms with Crippen LogP contribution in [0.5, 0.6) is 0 Å². The minimum Gasteiger partial charge on any atom is -0.396 e. The minimum absolute atomic E-state index is 0.176. The number of aromatic nitrogens is 2. The summed E-state index contributed by atoms with van der Waals surface area (Å²) in [4.78, 5) is 11.8. The lowest BCUT2D eigenvalue weighted by atomic mass is 10.0. The number of hydrogen-bond donors (Lipinski definition) is 2. The number of aryl methyl sites for hydroxylation is 1. The van der Waals surface area contributed by atoms with Crippen molar-refractivity contribution in [3.8, 4) is 0 Å². The van der Waals surface area contributed by atoms with E-state index in [2.05, 4.69) is 17.3 Å². The van der Waals surface area contributed by atoms with Gasteiger partial charge in [0.2, 0.25) is 0 Å². The van der Waals surface area contributed by atoms with Crippen LogP contribution in [0.25, 0.3) is 0 Å². The number of aliphatic hydroxyl groups excluding tert-OH is 1. The number of aliphatic hydroxyl groups is 1. The Labute approximate surface area is 118 Å². The summed E-state index contributed by atoms with van der Waals surface area (Å²) in [6, 6.07) is 0. The standard InChI is InChI=1S/C13H22ClN3O2/c1-3-5-10(6-7-18)8-15-11-9-16-17(4-2)13(19)12(11)14/h9-10,15,18H,3-8H2,1-2H3. The van der Waals surface area contributed by atoms with E-state index in [0.29, 0.717) is 24.7 Å². The second-order valence-corrected chi connectivity index (χ2v) is 4.92. The topological polar surface area (TPSA) is 67.2 Å². The third-order valence-corrected chi connectivity index (χ3v) is 3.47. The van der Waals surface area contributed by atoms with Gasteiger partial charge in [0.15, 0.2) is 0 Å². The Balaban J connectivity index is 2.72. The van der Waals surface area contributed by atoms with Crippen molar-refractivity contribution in [3.63, 3.8) is 0 Å². The van der Waals surface area contributed by atoms with Gasteiger partial charge in [0, 0.05) is 19.7 Å². The maximum Gasteiger partial charge on any atom is 0.287 e. The van der Waals surface area contributed by atoms with E-state index in [1.165, 1.54) is 4.68 Å². The lowest BCUT2D eigenvalue weighted by Crippen LogP contribution is -2.24. The molecular weight excluding hydrogens is 266 g/mol. The zero-order valence-corrected chi connectivity index (χ0v) is 12.3. The van der Waals surface area contributed by atoms with Gasteiger partial charge in [0.25, 0.3) is 5.56 Å². The van der Waals surface area contributed by atoms with Gasteiger partial charge in [0.05, 0.1) is 11.9 Å². The van der Waals surface area contributed by atoms with Gasteiger partial charge in [-0.15, -0.1) is 0 Å². The van der Waals surface area contributed by atoms with Crippen molar-refractivity contribution in [2.24, 2.45) is 5.92 Å². The van der Waals surface area contributed by atoms with Gasteiger partial charge in [0.1, 0.15) is 5.02 Å². The van der Waals surface area contributed by atoms with Crippen LogP contribution < -0.4 is 10.9 Å². The first-order chi connectivity index (χ1) is 9.13. The van der Waals surface area contributed by atoms with Crippen LogP contribution in [0.3, 0.4) is 0 Å². The van der Waals surface area contributed by atoms with E-state index in [1.807, 2.05) is 6.92 Å². The highest BCUT2D eigenvalue weighted by Gasteiger charge is 2.11. The SMILES string of the molecule is CCCC(CCO)CNc1cnn(CC)c(=O)c1Cl. The van der Waals surface area contributed by atoms with Gasteiger partial charge in [-0.1, -0.05) is 24.9 Å². The van der Waals surface area contributed by atoms with E-state index in [1.54, 1.807) is 6.20 Å². The normalized spacial score (nSPS) is 12.4. The fourth-order valence-electron chi connectivity index (χ4n) is 2.01. The molecule has 0 aliphatic heterocycles. The fourth-order valence-corrected chi connectivity index (χ4v) is 2.22. The summed E-state index contributed by atoms with van der Waals surface area (Å²) < 4.78 is 1.32. The van der Waals surface area contributed by atoms with Gasteiger partial charge in [-0.2, -0.15) is 5.10 Å². The van der Waals surface area contributed by atoms with Crippen LogP contribution in [0, 0.1) is 5.92 Å². The summed E-state index contributed by atoms with van der Waals surface area (Å²) in [6.07, 6.45) is 4.42. The molecule has 2 N–H and O–H groups in total. The molecule has 0 spiro atoms. The average Bonchev–Trinajstić information content (AvgIpc) is 2.41. The number of nitrogens with one attached hydrogen (secondary N) is 1. The molecule has 0 saturated heterocycles. The smallest absolute Gasteiger partial charge is 0.287 e. The molecule has 6 heteroatoms. The van der Waals surface area contributed by atoms with Crippen LogP contribution in [-0.4, -0.2) is 28.0 Å². The molecule has 0 aliphatic rings. The van der Waals surface area contributed by atoms with Gasteiger partial charge in [-0.3, -0.25) is 4.79 Å². The van der Waals surface area contributed by atoms with E-state index in [0.717, 1.165) is 19.3 Å². The second-order valence-electron chi connectivity index (χ2n) is 4.54. The Morgan fingerprint density at radius 1 is 1.47 bits per heavy atom. The van der Waals surface area contributed by atoms with Crippen molar-refractivity contribution in [1.29, 1.82) is 0 Å². The molecule has 0 amide bonds. The van der Waals surface area contributed by atoms with Crippen LogP contribution in [-0.2, 0) is 6.54 Å². The van der Waals surface area contributed by atoms with E-state index >= 15 is 0 Å². The molecule has 0 bridgehead atoms. The van der Waals surface area contributed by atoms with Gasteiger partial charge in [-0.25, -0.2) is 4.68 Å². The van der Waals surface area contributed by atoms with Crippen molar-refractivity contribution in [1.82, 2.24) is 9.78 Å². The molecule has 5 nitrogen and oxygen atoms in total. The zero-order valence-electron chi connectivity index (χ0n) is 11.5. The van der Waals surface area contributed by atoms with Crippen molar-refractivity contribution in [3.05, 3.63) is 21.6 Å². The van der Waals surface area contributed by atoms with Crippen LogP contribution >= 0.6 is 11.6 Å². The van der Waals surface area contributed by atoms with Gasteiger partial charge < -0.3 is 10.4 Å². The van der Waals surface area contributed by atoms with Crippen molar-refractivity contribution in [2.75, 3.05) is 18.5 Å². The fraction of sp³-hybridized carbons (Fsp3) is 0.692. The van der Waals surface area contributed by atoms with Crippen LogP contribution in [0.15, 0.2) is 11.0 Å². The average molecular weight is 288 g/mol. The third-order valence-electron chi connectivity index (χ3n) is 3.10. The minimum atomic E-state index is -0.275. The van der Waals surface area contributed by atoms with E-state index < -0.39 is 0 Å². The van der Waals surface area contributed by atoms with Crippen molar-refractivity contribution < 1.29 is 5.11 Å². The molecule has 1 heterocycles. The Morgan fingerprint density at radius 2 is 2.21 bits per heavy atom. The highest BCUT2D eigenvalue weighted by Crippen LogP contribution is 2.18. The summed E-state index contributed by atoms with van der Waals surface area (Å²) in [7, 11) is 0. The maximum atomic E-state index is 11.8. The maximum absolute atomic E-state index is 11.8. The van der Waals surface area contributed by atoms with E-state index in [9.17, 15) is 4.79 Å². The summed E-state index contributed by atoms with van der Waals surface area (Å²) in [6.45, 7) is 5.32. The first-order valence-electron chi connectivity index (χ1n) is 6.74. The molecule has 0 aromatic carbocycles. The molecular formula is C13H22ClN3O2. The van der Waals surface area contributed by atoms with Crippen LogP contribution in [0.4, 0.5) is 5.69 Å². The Bertz CT molecular complexity index is 442. The summed E-state index contributed by atoms with van der Waals surface area (Å²) in [5, 5.41) is 16.4. The molecule has 1 aromatic heterocycles. The van der Waals surface area contributed by atoms with E-state index in [4.69, 9.17) is 16.7 Å². The molecule has 19 heavy (non-hydrogen) atoms. The quantitative estimate of drug-likeness (QED) is 0.769. The molecule has 1 unspecified atom stereocenters. The number of rotatable bonds is 8. The number of nitrogens with zero attached hydrogens (tertiary/aromatic N) is 2.